The molecule has 1 rings (SSSR count). The van der Waals surface area contributed by atoms with E-state index in [1.165, 1.54) is 5.56 Å². The van der Waals surface area contributed by atoms with Crippen LogP contribution in [-0.2, 0) is 17.6 Å². The van der Waals surface area contributed by atoms with Gasteiger partial charge in [-0.15, -0.1) is 0 Å². The van der Waals surface area contributed by atoms with Crippen molar-refractivity contribution in [3.05, 3.63) is 35.4 Å². The predicted molar refractivity (Wildman–Crippen MR) is 78.1 cm³/mol. The van der Waals surface area contributed by atoms with Gasteiger partial charge in [0.05, 0.1) is 12.5 Å². The molecule has 0 aliphatic rings. The first-order chi connectivity index (χ1) is 8.93. The van der Waals surface area contributed by atoms with Crippen molar-refractivity contribution in [3.8, 4) is 0 Å². The molecule has 106 valence electrons. The third-order valence-corrected chi connectivity index (χ3v) is 3.16. The Balaban J connectivity index is 2.75. The second kappa shape index (κ2) is 7.29. The van der Waals surface area contributed by atoms with Crippen LogP contribution >= 0.6 is 0 Å². The van der Waals surface area contributed by atoms with E-state index in [0.29, 0.717) is 13.0 Å². The summed E-state index contributed by atoms with van der Waals surface area (Å²) in [5, 5.41) is 9.47. The molecule has 0 saturated carbocycles. The van der Waals surface area contributed by atoms with Gasteiger partial charge in [-0.1, -0.05) is 31.2 Å². The Bertz CT molecular complexity index is 413. The average molecular weight is 263 g/mol. The molecule has 1 aromatic carbocycles. The minimum Gasteiger partial charge on any atom is -0.392 e. The molecule has 0 heterocycles. The number of hydrogen-bond donors (Lipinski definition) is 1. The SMILES string of the molecule is CCc1cccc(CC(=O)N(CC(C)O)C(C)C)c1. The number of amides is 1. The second-order valence-corrected chi connectivity index (χ2v) is 5.34. The molecule has 0 bridgehead atoms. The number of carbonyl (C=O) groups is 1. The molecule has 1 aromatic rings. The lowest BCUT2D eigenvalue weighted by atomic mass is 10.1. The largest absolute Gasteiger partial charge is 0.392 e. The van der Waals surface area contributed by atoms with Gasteiger partial charge < -0.3 is 10.0 Å². The number of aliphatic hydroxyl groups excluding tert-OH is 1. The van der Waals surface area contributed by atoms with Gasteiger partial charge >= 0.3 is 0 Å². The van der Waals surface area contributed by atoms with E-state index in [9.17, 15) is 9.90 Å². The summed E-state index contributed by atoms with van der Waals surface area (Å²) in [7, 11) is 0. The third-order valence-electron chi connectivity index (χ3n) is 3.16. The van der Waals surface area contributed by atoms with E-state index in [1.54, 1.807) is 11.8 Å². The van der Waals surface area contributed by atoms with Crippen LogP contribution in [0.15, 0.2) is 24.3 Å². The molecule has 3 heteroatoms. The number of carbonyl (C=O) groups excluding carboxylic acids is 1. The van der Waals surface area contributed by atoms with Gasteiger partial charge in [-0.2, -0.15) is 0 Å². The summed E-state index contributed by atoms with van der Waals surface area (Å²) in [6.45, 7) is 8.16. The quantitative estimate of drug-likeness (QED) is 0.856. The fourth-order valence-electron chi connectivity index (χ4n) is 2.12. The molecule has 0 spiro atoms. The molecule has 0 saturated heterocycles. The first-order valence-electron chi connectivity index (χ1n) is 6.99. The zero-order chi connectivity index (χ0) is 14.4. The molecule has 1 unspecified atom stereocenters. The summed E-state index contributed by atoms with van der Waals surface area (Å²) in [6, 6.07) is 8.24. The van der Waals surface area contributed by atoms with Gasteiger partial charge in [-0.3, -0.25) is 4.79 Å². The van der Waals surface area contributed by atoms with Gasteiger partial charge in [-0.25, -0.2) is 0 Å². The monoisotopic (exact) mass is 263 g/mol. The number of aliphatic hydroxyl groups is 1. The minimum absolute atomic E-state index is 0.0733. The normalized spacial score (nSPS) is 12.5. The van der Waals surface area contributed by atoms with Gasteiger partial charge in [0.1, 0.15) is 0 Å². The summed E-state index contributed by atoms with van der Waals surface area (Å²) < 4.78 is 0. The van der Waals surface area contributed by atoms with Crippen LogP contribution in [0.1, 0.15) is 38.8 Å². The molecular weight excluding hydrogens is 238 g/mol. The maximum Gasteiger partial charge on any atom is 0.227 e. The van der Waals surface area contributed by atoms with Gasteiger partial charge in [0, 0.05) is 12.6 Å². The van der Waals surface area contributed by atoms with Crippen LogP contribution in [0.25, 0.3) is 0 Å². The molecule has 0 fully saturated rings. The molecule has 0 radical (unpaired) electrons. The standard InChI is InChI=1S/C16H25NO2/c1-5-14-7-6-8-15(9-14)10-16(19)17(12(2)3)11-13(4)18/h6-9,12-13,18H,5,10-11H2,1-4H3. The van der Waals surface area contributed by atoms with Gasteiger partial charge in [0.2, 0.25) is 5.91 Å². The van der Waals surface area contributed by atoms with Gasteiger partial charge in [0.25, 0.3) is 0 Å². The Hall–Kier alpha value is -1.35. The summed E-state index contributed by atoms with van der Waals surface area (Å²) in [5.74, 6) is 0.0733. The third kappa shape index (κ3) is 5.03. The van der Waals surface area contributed by atoms with Crippen molar-refractivity contribution in [1.82, 2.24) is 4.90 Å². The molecule has 1 N–H and O–H groups in total. The number of aryl methyl sites for hydroxylation is 1. The highest BCUT2D eigenvalue weighted by Gasteiger charge is 2.18. The summed E-state index contributed by atoms with van der Waals surface area (Å²) in [5.41, 5.74) is 2.29. The van der Waals surface area contributed by atoms with E-state index in [-0.39, 0.29) is 11.9 Å². The van der Waals surface area contributed by atoms with Crippen LogP contribution < -0.4 is 0 Å². The zero-order valence-electron chi connectivity index (χ0n) is 12.4. The van der Waals surface area contributed by atoms with Crippen molar-refractivity contribution in [2.75, 3.05) is 6.54 Å². The highest BCUT2D eigenvalue weighted by Crippen LogP contribution is 2.10. The van der Waals surface area contributed by atoms with E-state index in [1.807, 2.05) is 26.0 Å². The predicted octanol–water partition coefficient (Wildman–Crippen LogP) is 2.41. The Kier molecular flexibility index (Phi) is 6.03. The molecule has 1 atom stereocenters. The van der Waals surface area contributed by atoms with Crippen molar-refractivity contribution in [3.63, 3.8) is 0 Å². The lowest BCUT2D eigenvalue weighted by Gasteiger charge is -2.28. The highest BCUT2D eigenvalue weighted by atomic mass is 16.3. The molecule has 3 nitrogen and oxygen atoms in total. The van der Waals surface area contributed by atoms with Crippen molar-refractivity contribution in [2.24, 2.45) is 0 Å². The van der Waals surface area contributed by atoms with Crippen LogP contribution in [0.2, 0.25) is 0 Å². The van der Waals surface area contributed by atoms with Crippen molar-refractivity contribution in [1.29, 1.82) is 0 Å². The first kappa shape index (κ1) is 15.7. The summed E-state index contributed by atoms with van der Waals surface area (Å²) >= 11 is 0. The Labute approximate surface area is 116 Å². The number of hydrogen-bond acceptors (Lipinski definition) is 2. The fraction of sp³-hybridized carbons (Fsp3) is 0.562. The van der Waals surface area contributed by atoms with Crippen LogP contribution in [0.4, 0.5) is 0 Å². The molecule has 0 aromatic heterocycles. The Morgan fingerprint density at radius 3 is 2.42 bits per heavy atom. The smallest absolute Gasteiger partial charge is 0.227 e. The molecule has 0 aliphatic carbocycles. The average Bonchev–Trinajstić information content (AvgIpc) is 2.35. The maximum absolute atomic E-state index is 12.3. The van der Waals surface area contributed by atoms with E-state index in [0.717, 1.165) is 12.0 Å². The minimum atomic E-state index is -0.492. The van der Waals surface area contributed by atoms with E-state index < -0.39 is 6.10 Å². The van der Waals surface area contributed by atoms with E-state index >= 15 is 0 Å². The Morgan fingerprint density at radius 1 is 1.26 bits per heavy atom. The van der Waals surface area contributed by atoms with Crippen molar-refractivity contribution >= 4 is 5.91 Å². The zero-order valence-corrected chi connectivity index (χ0v) is 12.4. The summed E-state index contributed by atoms with van der Waals surface area (Å²) in [4.78, 5) is 14.0. The van der Waals surface area contributed by atoms with Crippen LogP contribution in [-0.4, -0.2) is 34.6 Å². The van der Waals surface area contributed by atoms with Crippen LogP contribution in [0.5, 0.6) is 0 Å². The number of nitrogens with zero attached hydrogens (tertiary/aromatic N) is 1. The van der Waals surface area contributed by atoms with Crippen LogP contribution in [0.3, 0.4) is 0 Å². The van der Waals surface area contributed by atoms with E-state index in [2.05, 4.69) is 19.1 Å². The van der Waals surface area contributed by atoms with Gasteiger partial charge in [0.15, 0.2) is 0 Å². The van der Waals surface area contributed by atoms with Gasteiger partial charge in [-0.05, 0) is 38.3 Å². The maximum atomic E-state index is 12.3. The lowest BCUT2D eigenvalue weighted by Crippen LogP contribution is -2.42. The molecule has 1 amide bonds. The summed E-state index contributed by atoms with van der Waals surface area (Å²) in [6.07, 6.45) is 0.885. The Morgan fingerprint density at radius 2 is 1.89 bits per heavy atom. The highest BCUT2D eigenvalue weighted by molar-refractivity contribution is 5.79. The van der Waals surface area contributed by atoms with Crippen molar-refractivity contribution < 1.29 is 9.90 Å². The first-order valence-corrected chi connectivity index (χ1v) is 6.99. The van der Waals surface area contributed by atoms with E-state index in [4.69, 9.17) is 0 Å². The topological polar surface area (TPSA) is 40.5 Å². The molecule has 0 aliphatic heterocycles. The second-order valence-electron chi connectivity index (χ2n) is 5.34. The van der Waals surface area contributed by atoms with Crippen molar-refractivity contribution in [2.45, 2.75) is 52.7 Å². The number of benzene rings is 1. The lowest BCUT2D eigenvalue weighted by molar-refractivity contribution is -0.133. The fourth-order valence-corrected chi connectivity index (χ4v) is 2.12. The molecule has 19 heavy (non-hydrogen) atoms. The molecular formula is C16H25NO2. The van der Waals surface area contributed by atoms with Crippen LogP contribution in [0, 0.1) is 0 Å². The number of rotatable bonds is 6.